The lowest BCUT2D eigenvalue weighted by Gasteiger charge is -2.32. The van der Waals surface area contributed by atoms with Crippen molar-refractivity contribution in [2.24, 2.45) is 11.8 Å². The van der Waals surface area contributed by atoms with E-state index in [1.54, 1.807) is 18.2 Å². The highest BCUT2D eigenvalue weighted by Gasteiger charge is 2.27. The van der Waals surface area contributed by atoms with Crippen molar-refractivity contribution in [3.05, 3.63) is 24.3 Å². The van der Waals surface area contributed by atoms with Crippen LogP contribution in [-0.4, -0.2) is 23.3 Å². The van der Waals surface area contributed by atoms with Crippen LogP contribution < -0.4 is 10.2 Å². The number of hydrogen-bond acceptors (Lipinski definition) is 3. The van der Waals surface area contributed by atoms with Crippen LogP contribution in [-0.2, 0) is 0 Å². The Bertz CT molecular complexity index is 394. The SMILES string of the molecule is CC1CCC(Oc2ccccc2B(O)O)CC1C. The molecule has 98 valence electrons. The molecule has 0 radical (unpaired) electrons. The predicted molar refractivity (Wildman–Crippen MR) is 72.9 cm³/mol. The van der Waals surface area contributed by atoms with E-state index >= 15 is 0 Å². The van der Waals surface area contributed by atoms with E-state index in [-0.39, 0.29) is 6.10 Å². The summed E-state index contributed by atoms with van der Waals surface area (Å²) in [7, 11) is -1.47. The molecule has 4 heteroatoms. The van der Waals surface area contributed by atoms with Gasteiger partial charge in [0, 0.05) is 5.46 Å². The normalized spacial score (nSPS) is 27.9. The lowest BCUT2D eigenvalue weighted by atomic mass is 9.78. The minimum atomic E-state index is -1.47. The van der Waals surface area contributed by atoms with Crippen LogP contribution in [0.3, 0.4) is 0 Å². The zero-order chi connectivity index (χ0) is 13.1. The van der Waals surface area contributed by atoms with Gasteiger partial charge >= 0.3 is 7.12 Å². The predicted octanol–water partition coefficient (Wildman–Crippen LogP) is 1.57. The molecule has 0 spiro atoms. The standard InChI is InChI=1S/C14H21BO3/c1-10-7-8-12(9-11(10)2)18-14-6-4-3-5-13(14)15(16)17/h3-6,10-12,16-17H,7-9H2,1-2H3. The summed E-state index contributed by atoms with van der Waals surface area (Å²) in [6.45, 7) is 4.54. The van der Waals surface area contributed by atoms with E-state index in [9.17, 15) is 10.0 Å². The van der Waals surface area contributed by atoms with Gasteiger partial charge in [-0.2, -0.15) is 0 Å². The van der Waals surface area contributed by atoms with Crippen molar-refractivity contribution < 1.29 is 14.8 Å². The molecule has 1 aliphatic rings. The highest BCUT2D eigenvalue weighted by Crippen LogP contribution is 2.31. The van der Waals surface area contributed by atoms with Crippen LogP contribution in [0.2, 0.25) is 0 Å². The zero-order valence-electron chi connectivity index (χ0n) is 11.0. The Morgan fingerprint density at radius 3 is 2.50 bits per heavy atom. The van der Waals surface area contributed by atoms with E-state index in [1.807, 2.05) is 6.07 Å². The fraction of sp³-hybridized carbons (Fsp3) is 0.571. The Kier molecular flexibility index (Phi) is 4.30. The van der Waals surface area contributed by atoms with Crippen molar-refractivity contribution in [1.29, 1.82) is 0 Å². The molecule has 0 aromatic heterocycles. The minimum absolute atomic E-state index is 0.191. The van der Waals surface area contributed by atoms with Gasteiger partial charge in [-0.1, -0.05) is 32.0 Å². The first-order chi connectivity index (χ1) is 8.58. The summed E-state index contributed by atoms with van der Waals surface area (Å²) in [6.07, 6.45) is 3.45. The van der Waals surface area contributed by atoms with Crippen molar-refractivity contribution >= 4 is 12.6 Å². The van der Waals surface area contributed by atoms with Crippen LogP contribution in [0.25, 0.3) is 0 Å². The Morgan fingerprint density at radius 1 is 1.11 bits per heavy atom. The first kappa shape index (κ1) is 13.4. The van der Waals surface area contributed by atoms with Crippen LogP contribution in [0.5, 0.6) is 5.75 Å². The van der Waals surface area contributed by atoms with Gasteiger partial charge in [-0.05, 0) is 37.2 Å². The summed E-state index contributed by atoms with van der Waals surface area (Å²) in [6, 6.07) is 7.13. The molecule has 1 saturated carbocycles. The highest BCUT2D eigenvalue weighted by molar-refractivity contribution is 6.59. The van der Waals surface area contributed by atoms with Crippen molar-refractivity contribution in [2.75, 3.05) is 0 Å². The van der Waals surface area contributed by atoms with Gasteiger partial charge in [0.1, 0.15) is 5.75 Å². The molecule has 1 aromatic carbocycles. The van der Waals surface area contributed by atoms with Crippen LogP contribution in [0.1, 0.15) is 33.1 Å². The summed E-state index contributed by atoms with van der Waals surface area (Å²) in [5.74, 6) is 2.01. The molecule has 0 heterocycles. The van der Waals surface area contributed by atoms with E-state index in [4.69, 9.17) is 4.74 Å². The number of benzene rings is 1. The first-order valence-corrected chi connectivity index (χ1v) is 6.69. The van der Waals surface area contributed by atoms with Crippen LogP contribution in [0.15, 0.2) is 24.3 Å². The molecule has 1 fully saturated rings. The van der Waals surface area contributed by atoms with Gasteiger partial charge in [0.15, 0.2) is 0 Å². The van der Waals surface area contributed by atoms with E-state index in [0.717, 1.165) is 18.8 Å². The molecule has 1 aliphatic carbocycles. The number of ether oxygens (including phenoxy) is 1. The Morgan fingerprint density at radius 2 is 1.83 bits per heavy atom. The second kappa shape index (κ2) is 5.76. The number of hydrogen-bond donors (Lipinski definition) is 2. The summed E-state index contributed by atoms with van der Waals surface area (Å²) >= 11 is 0. The summed E-state index contributed by atoms with van der Waals surface area (Å²) < 4.78 is 5.95. The Hall–Kier alpha value is -0.995. The first-order valence-electron chi connectivity index (χ1n) is 6.69. The third-order valence-electron chi connectivity index (χ3n) is 4.04. The molecule has 0 bridgehead atoms. The van der Waals surface area contributed by atoms with E-state index in [1.165, 1.54) is 6.42 Å². The Labute approximate surface area is 109 Å². The molecule has 2 N–H and O–H groups in total. The van der Waals surface area contributed by atoms with Gasteiger partial charge in [0.25, 0.3) is 0 Å². The molecule has 0 saturated heterocycles. The van der Waals surface area contributed by atoms with E-state index in [2.05, 4.69) is 13.8 Å². The molecule has 3 atom stereocenters. The third kappa shape index (κ3) is 3.06. The van der Waals surface area contributed by atoms with Crippen molar-refractivity contribution in [1.82, 2.24) is 0 Å². The molecule has 3 nitrogen and oxygen atoms in total. The van der Waals surface area contributed by atoms with Gasteiger partial charge < -0.3 is 14.8 Å². The average Bonchev–Trinajstić information content (AvgIpc) is 2.34. The lowest BCUT2D eigenvalue weighted by Crippen LogP contribution is -2.35. The van der Waals surface area contributed by atoms with Gasteiger partial charge in [0.05, 0.1) is 6.10 Å². The molecule has 18 heavy (non-hydrogen) atoms. The average molecular weight is 248 g/mol. The van der Waals surface area contributed by atoms with Crippen LogP contribution in [0, 0.1) is 11.8 Å². The molecule has 0 amide bonds. The number of para-hydroxylation sites is 1. The van der Waals surface area contributed by atoms with Gasteiger partial charge in [0.2, 0.25) is 0 Å². The van der Waals surface area contributed by atoms with E-state index in [0.29, 0.717) is 17.1 Å². The molecular formula is C14H21BO3. The smallest absolute Gasteiger partial charge is 0.491 e. The summed E-state index contributed by atoms with van der Waals surface area (Å²) in [5.41, 5.74) is 0.448. The fourth-order valence-corrected chi connectivity index (χ4v) is 2.59. The quantitative estimate of drug-likeness (QED) is 0.798. The summed E-state index contributed by atoms with van der Waals surface area (Å²) in [5, 5.41) is 18.6. The minimum Gasteiger partial charge on any atom is -0.491 e. The fourth-order valence-electron chi connectivity index (χ4n) is 2.59. The van der Waals surface area contributed by atoms with Crippen molar-refractivity contribution in [2.45, 2.75) is 39.2 Å². The van der Waals surface area contributed by atoms with E-state index < -0.39 is 7.12 Å². The van der Waals surface area contributed by atoms with Gasteiger partial charge in [-0.15, -0.1) is 0 Å². The maximum absolute atomic E-state index is 9.30. The van der Waals surface area contributed by atoms with Crippen molar-refractivity contribution in [3.63, 3.8) is 0 Å². The number of rotatable bonds is 3. The lowest BCUT2D eigenvalue weighted by molar-refractivity contribution is 0.101. The topological polar surface area (TPSA) is 49.7 Å². The highest BCUT2D eigenvalue weighted by atomic mass is 16.5. The second-order valence-electron chi connectivity index (χ2n) is 5.42. The maximum Gasteiger partial charge on any atom is 0.492 e. The third-order valence-corrected chi connectivity index (χ3v) is 4.04. The summed E-state index contributed by atoms with van der Waals surface area (Å²) in [4.78, 5) is 0. The molecule has 0 aliphatic heterocycles. The second-order valence-corrected chi connectivity index (χ2v) is 5.42. The maximum atomic E-state index is 9.30. The molecular weight excluding hydrogens is 227 g/mol. The van der Waals surface area contributed by atoms with Crippen LogP contribution >= 0.6 is 0 Å². The zero-order valence-corrected chi connectivity index (χ0v) is 11.0. The van der Waals surface area contributed by atoms with Gasteiger partial charge in [-0.25, -0.2) is 0 Å². The van der Waals surface area contributed by atoms with Crippen molar-refractivity contribution in [3.8, 4) is 5.75 Å². The largest absolute Gasteiger partial charge is 0.492 e. The molecule has 3 unspecified atom stereocenters. The van der Waals surface area contributed by atoms with Gasteiger partial charge in [-0.3, -0.25) is 0 Å². The molecule has 1 aromatic rings. The molecule has 2 rings (SSSR count). The van der Waals surface area contributed by atoms with Crippen LogP contribution in [0.4, 0.5) is 0 Å². The Balaban J connectivity index is 2.06. The monoisotopic (exact) mass is 248 g/mol.